The number of hydrogen-bond donors (Lipinski definition) is 0. The molecule has 0 amide bonds. The molecule has 4 heterocycles. The van der Waals surface area contributed by atoms with Crippen LogP contribution in [0.25, 0.3) is 22.1 Å². The summed E-state index contributed by atoms with van der Waals surface area (Å²) >= 11 is 0. The van der Waals surface area contributed by atoms with E-state index in [1.54, 1.807) is 6.07 Å². The Labute approximate surface area is 242 Å². The number of furan rings is 1. The van der Waals surface area contributed by atoms with Crippen LogP contribution in [0.15, 0.2) is 132 Å². The summed E-state index contributed by atoms with van der Waals surface area (Å²) in [7, 11) is 0. The van der Waals surface area contributed by atoms with Crippen molar-refractivity contribution in [2.75, 3.05) is 9.80 Å². The Balaban J connectivity index is 1.41. The minimum Gasteiger partial charge on any atom is -0.438 e. The van der Waals surface area contributed by atoms with E-state index in [2.05, 4.69) is 112 Å². The fourth-order valence-corrected chi connectivity index (χ4v) is 6.80. The molecule has 0 N–H and O–H groups in total. The minimum absolute atomic E-state index is 0.126. The van der Waals surface area contributed by atoms with Gasteiger partial charge in [0.1, 0.15) is 5.58 Å². The van der Waals surface area contributed by atoms with Crippen molar-refractivity contribution < 1.29 is 8.53 Å². The SMILES string of the molecule is [2H]C([2H])([2H])c1cnc2oc3c4c(ccc3c2c1)N(c1ccccc1)c1cccc2c1B4c1ccccc1N2c1ccccc1. The summed E-state index contributed by atoms with van der Waals surface area (Å²) in [5, 5.41) is 1.56. The van der Waals surface area contributed by atoms with Crippen LogP contribution in [0.1, 0.15) is 9.68 Å². The van der Waals surface area contributed by atoms with Crippen LogP contribution < -0.4 is 26.2 Å². The van der Waals surface area contributed by atoms with Crippen molar-refractivity contribution in [3.05, 3.63) is 133 Å². The first-order valence-corrected chi connectivity index (χ1v) is 13.8. The van der Waals surface area contributed by atoms with Gasteiger partial charge in [0.05, 0.1) is 0 Å². The maximum Gasteiger partial charge on any atom is 0.257 e. The third-order valence-corrected chi connectivity index (χ3v) is 8.39. The van der Waals surface area contributed by atoms with Crippen LogP contribution in [0.5, 0.6) is 0 Å². The molecule has 0 unspecified atom stereocenters. The fraction of sp³-hybridized carbons (Fsp3) is 0.0278. The van der Waals surface area contributed by atoms with E-state index < -0.39 is 6.85 Å². The zero-order chi connectivity index (χ0) is 29.6. The molecule has 0 fully saturated rings. The summed E-state index contributed by atoms with van der Waals surface area (Å²) in [6.45, 7) is -2.39. The molecule has 192 valence electrons. The zero-order valence-corrected chi connectivity index (χ0v) is 22.0. The van der Waals surface area contributed by atoms with Crippen LogP contribution in [0.2, 0.25) is 0 Å². The second-order valence-corrected chi connectivity index (χ2v) is 10.6. The Hall–Kier alpha value is -5.29. The van der Waals surface area contributed by atoms with Crippen molar-refractivity contribution in [3.63, 3.8) is 0 Å². The van der Waals surface area contributed by atoms with Gasteiger partial charge in [-0.05, 0) is 89.5 Å². The number of hydrogen-bond acceptors (Lipinski definition) is 4. The van der Waals surface area contributed by atoms with E-state index in [4.69, 9.17) is 8.53 Å². The minimum atomic E-state index is -2.26. The number of pyridine rings is 1. The number of anilines is 6. The van der Waals surface area contributed by atoms with Gasteiger partial charge in [-0.1, -0.05) is 60.7 Å². The van der Waals surface area contributed by atoms with Gasteiger partial charge in [0.2, 0.25) is 5.71 Å². The number of para-hydroxylation sites is 3. The summed E-state index contributed by atoms with van der Waals surface area (Å²) < 4.78 is 30.5. The molecule has 9 rings (SSSR count). The summed E-state index contributed by atoms with van der Waals surface area (Å²) in [4.78, 5) is 9.15. The standard InChI is InChI=1S/C36H24BN3O/c1-23-21-27-26-19-20-32-34(35(26)41-36(27)38-22-23)37-28-15-8-9-16-29(28)39(24-11-4-2-5-12-24)30-17-10-18-31(33(30)37)40(32)25-13-6-3-7-14-25/h2-22H,1H3/i1D3. The van der Waals surface area contributed by atoms with E-state index in [0.717, 1.165) is 50.6 Å². The molecule has 0 aliphatic carbocycles. The normalized spacial score (nSPS) is 14.7. The van der Waals surface area contributed by atoms with E-state index in [1.165, 1.54) is 17.1 Å². The Kier molecular flexibility index (Phi) is 4.02. The molecule has 0 bridgehead atoms. The molecule has 5 heteroatoms. The lowest BCUT2D eigenvalue weighted by molar-refractivity contribution is 0.656. The van der Waals surface area contributed by atoms with Crippen LogP contribution in [0.4, 0.5) is 34.1 Å². The van der Waals surface area contributed by atoms with Gasteiger partial charge in [-0.3, -0.25) is 0 Å². The van der Waals surface area contributed by atoms with Crippen LogP contribution >= 0.6 is 0 Å². The second kappa shape index (κ2) is 8.36. The van der Waals surface area contributed by atoms with Gasteiger partial charge in [-0.2, -0.15) is 0 Å². The fourth-order valence-electron chi connectivity index (χ4n) is 6.80. The predicted octanol–water partition coefficient (Wildman–Crippen LogP) is 7.37. The van der Waals surface area contributed by atoms with Crippen LogP contribution in [-0.4, -0.2) is 11.7 Å². The third-order valence-electron chi connectivity index (χ3n) is 8.39. The van der Waals surface area contributed by atoms with Crippen LogP contribution in [-0.2, 0) is 0 Å². The van der Waals surface area contributed by atoms with Crippen LogP contribution in [0, 0.1) is 6.85 Å². The van der Waals surface area contributed by atoms with Gasteiger partial charge in [0.15, 0.2) is 0 Å². The number of aromatic nitrogens is 1. The summed E-state index contributed by atoms with van der Waals surface area (Å²) in [5.41, 5.74) is 11.3. The van der Waals surface area contributed by atoms with Gasteiger partial charge >= 0.3 is 0 Å². The highest BCUT2D eigenvalue weighted by Gasteiger charge is 2.44. The second-order valence-electron chi connectivity index (χ2n) is 10.6. The number of nitrogens with zero attached hydrogens (tertiary/aromatic N) is 3. The summed E-state index contributed by atoms with van der Waals surface area (Å²) in [6, 6.07) is 41.9. The average Bonchev–Trinajstić information content (AvgIpc) is 3.43. The summed E-state index contributed by atoms with van der Waals surface area (Å²) in [5.74, 6) is 0. The first kappa shape index (κ1) is 19.7. The molecule has 2 aliphatic rings. The molecule has 5 aromatic carbocycles. The van der Waals surface area contributed by atoms with E-state index in [9.17, 15) is 0 Å². The van der Waals surface area contributed by atoms with Crippen molar-refractivity contribution in [1.29, 1.82) is 0 Å². The van der Waals surface area contributed by atoms with E-state index in [-0.39, 0.29) is 12.3 Å². The quantitative estimate of drug-likeness (QED) is 0.219. The molecule has 0 saturated heterocycles. The number of rotatable bonds is 2. The van der Waals surface area contributed by atoms with Crippen LogP contribution in [0.3, 0.4) is 0 Å². The highest BCUT2D eigenvalue weighted by atomic mass is 16.3. The predicted molar refractivity (Wildman–Crippen MR) is 170 cm³/mol. The lowest BCUT2D eigenvalue weighted by Crippen LogP contribution is -2.61. The van der Waals surface area contributed by atoms with Crippen molar-refractivity contribution in [1.82, 2.24) is 4.98 Å². The Bertz CT molecular complexity index is 2240. The van der Waals surface area contributed by atoms with Gasteiger partial charge in [0, 0.05) is 55.2 Å². The molecule has 0 saturated carbocycles. The topological polar surface area (TPSA) is 32.5 Å². The van der Waals surface area contributed by atoms with E-state index >= 15 is 0 Å². The monoisotopic (exact) mass is 528 g/mol. The Morgan fingerprint density at radius 1 is 0.634 bits per heavy atom. The number of benzene rings is 5. The maximum atomic E-state index is 7.98. The largest absolute Gasteiger partial charge is 0.438 e. The molecular weight excluding hydrogens is 501 g/mol. The highest BCUT2D eigenvalue weighted by Crippen LogP contribution is 2.45. The van der Waals surface area contributed by atoms with Gasteiger partial charge < -0.3 is 14.2 Å². The first-order valence-electron chi connectivity index (χ1n) is 15.3. The first-order chi connectivity index (χ1) is 21.5. The van der Waals surface area contributed by atoms with Crippen molar-refractivity contribution in [3.8, 4) is 0 Å². The molecular formula is C36H24BN3O. The van der Waals surface area contributed by atoms with Crippen molar-refractivity contribution in [2.45, 2.75) is 6.85 Å². The van der Waals surface area contributed by atoms with E-state index in [1.807, 2.05) is 18.2 Å². The molecule has 0 spiro atoms. The Morgan fingerprint density at radius 3 is 2.00 bits per heavy atom. The maximum absolute atomic E-state index is 7.98. The number of aryl methyl sites for hydroxylation is 1. The number of fused-ring (bicyclic) bond motifs is 8. The smallest absolute Gasteiger partial charge is 0.257 e. The molecule has 0 radical (unpaired) electrons. The molecule has 4 nitrogen and oxygen atoms in total. The highest BCUT2D eigenvalue weighted by molar-refractivity contribution is 7.01. The van der Waals surface area contributed by atoms with Gasteiger partial charge in [-0.25, -0.2) is 4.98 Å². The van der Waals surface area contributed by atoms with Crippen molar-refractivity contribution >= 4 is 79.3 Å². The molecule has 2 aromatic heterocycles. The van der Waals surface area contributed by atoms with E-state index in [0.29, 0.717) is 11.1 Å². The van der Waals surface area contributed by atoms with Crippen molar-refractivity contribution in [2.24, 2.45) is 0 Å². The molecule has 0 atom stereocenters. The molecule has 41 heavy (non-hydrogen) atoms. The van der Waals surface area contributed by atoms with Gasteiger partial charge in [-0.15, -0.1) is 0 Å². The lowest BCUT2D eigenvalue weighted by Gasteiger charge is -2.43. The van der Waals surface area contributed by atoms with Gasteiger partial charge in [0.25, 0.3) is 6.71 Å². The average molecular weight is 528 g/mol. The molecule has 7 aromatic rings. The molecule has 2 aliphatic heterocycles. The summed E-state index contributed by atoms with van der Waals surface area (Å²) in [6.07, 6.45) is 1.40. The Morgan fingerprint density at radius 2 is 1.27 bits per heavy atom. The lowest BCUT2D eigenvalue weighted by atomic mass is 9.33. The zero-order valence-electron chi connectivity index (χ0n) is 25.0. The third kappa shape index (κ3) is 3.09.